The van der Waals surface area contributed by atoms with E-state index in [0.717, 1.165) is 6.42 Å². The average molecular weight is 239 g/mol. The van der Waals surface area contributed by atoms with Crippen molar-refractivity contribution >= 4 is 5.91 Å². The van der Waals surface area contributed by atoms with Gasteiger partial charge in [0.15, 0.2) is 0 Å². The molecule has 17 heavy (non-hydrogen) atoms. The van der Waals surface area contributed by atoms with E-state index in [-0.39, 0.29) is 16.7 Å². The second-order valence-electron chi connectivity index (χ2n) is 7.59. The highest BCUT2D eigenvalue weighted by atomic mass is 16.2. The fourth-order valence-electron chi connectivity index (χ4n) is 2.73. The summed E-state index contributed by atoms with van der Waals surface area (Å²) < 4.78 is 0. The lowest BCUT2D eigenvalue weighted by Gasteiger charge is -2.41. The highest BCUT2D eigenvalue weighted by Crippen LogP contribution is 2.38. The van der Waals surface area contributed by atoms with Gasteiger partial charge in [-0.3, -0.25) is 4.79 Å². The van der Waals surface area contributed by atoms with Gasteiger partial charge in [-0.25, -0.2) is 0 Å². The molecule has 2 nitrogen and oxygen atoms in total. The molecule has 1 N–H and O–H groups in total. The summed E-state index contributed by atoms with van der Waals surface area (Å²) in [6, 6.07) is 0.371. The minimum Gasteiger partial charge on any atom is -0.353 e. The van der Waals surface area contributed by atoms with Gasteiger partial charge >= 0.3 is 0 Å². The number of hydrogen-bond donors (Lipinski definition) is 1. The van der Waals surface area contributed by atoms with E-state index in [1.54, 1.807) is 0 Å². The molecule has 2 atom stereocenters. The van der Waals surface area contributed by atoms with Gasteiger partial charge in [0.2, 0.25) is 5.91 Å². The van der Waals surface area contributed by atoms with E-state index in [1.807, 2.05) is 20.8 Å². The summed E-state index contributed by atoms with van der Waals surface area (Å²) in [5.74, 6) is 0.807. The van der Waals surface area contributed by atoms with E-state index in [0.29, 0.717) is 12.0 Å². The van der Waals surface area contributed by atoms with Crippen molar-refractivity contribution in [1.82, 2.24) is 5.32 Å². The van der Waals surface area contributed by atoms with Crippen LogP contribution in [0.2, 0.25) is 0 Å². The van der Waals surface area contributed by atoms with Gasteiger partial charge in [-0.15, -0.1) is 0 Å². The van der Waals surface area contributed by atoms with Gasteiger partial charge < -0.3 is 5.32 Å². The predicted molar refractivity (Wildman–Crippen MR) is 72.8 cm³/mol. The molecule has 0 radical (unpaired) electrons. The van der Waals surface area contributed by atoms with E-state index in [1.165, 1.54) is 19.3 Å². The third kappa shape index (κ3) is 4.01. The number of amides is 1. The fraction of sp³-hybridized carbons (Fsp3) is 0.933. The van der Waals surface area contributed by atoms with E-state index in [2.05, 4.69) is 26.1 Å². The zero-order valence-electron chi connectivity index (χ0n) is 12.4. The summed E-state index contributed by atoms with van der Waals surface area (Å²) in [6.07, 6.45) is 4.95. The van der Waals surface area contributed by atoms with Gasteiger partial charge in [-0.2, -0.15) is 0 Å². The highest BCUT2D eigenvalue weighted by Gasteiger charge is 2.36. The van der Waals surface area contributed by atoms with Crippen molar-refractivity contribution in [3.8, 4) is 0 Å². The maximum absolute atomic E-state index is 12.1. The summed E-state index contributed by atoms with van der Waals surface area (Å²) in [6.45, 7) is 12.8. The summed E-state index contributed by atoms with van der Waals surface area (Å²) in [7, 11) is 0. The normalized spacial score (nSPS) is 26.7. The molecule has 2 unspecified atom stereocenters. The smallest absolute Gasteiger partial charge is 0.225 e. The van der Waals surface area contributed by atoms with Crippen LogP contribution in [0.3, 0.4) is 0 Å². The Bertz CT molecular complexity index is 270. The van der Waals surface area contributed by atoms with Gasteiger partial charge in [-0.1, -0.05) is 54.4 Å². The first-order valence-corrected chi connectivity index (χ1v) is 6.93. The maximum Gasteiger partial charge on any atom is 0.225 e. The second kappa shape index (κ2) is 4.99. The zero-order valence-corrected chi connectivity index (χ0v) is 12.4. The molecule has 0 bridgehead atoms. The van der Waals surface area contributed by atoms with Crippen molar-refractivity contribution in [1.29, 1.82) is 0 Å². The number of nitrogens with one attached hydrogen (secondary N) is 1. The molecule has 0 aromatic carbocycles. The molecule has 0 aromatic rings. The standard InChI is InChI=1S/C15H29NO/c1-14(2,3)11-9-7-8-10-12(11)16-13(17)15(4,5)6/h11-12H,7-10H2,1-6H3,(H,16,17). The van der Waals surface area contributed by atoms with E-state index < -0.39 is 0 Å². The van der Waals surface area contributed by atoms with Crippen LogP contribution in [-0.4, -0.2) is 11.9 Å². The molecule has 0 saturated heterocycles. The van der Waals surface area contributed by atoms with E-state index in [9.17, 15) is 4.79 Å². The SMILES string of the molecule is CC(C)(C)C(=O)NC1CCCCC1C(C)(C)C. The average Bonchev–Trinajstić information content (AvgIpc) is 2.15. The van der Waals surface area contributed by atoms with Crippen LogP contribution in [0, 0.1) is 16.7 Å². The molecule has 1 saturated carbocycles. The van der Waals surface area contributed by atoms with Crippen LogP contribution >= 0.6 is 0 Å². The molecule has 1 aliphatic rings. The number of rotatable bonds is 1. The Balaban J connectivity index is 2.70. The Kier molecular flexibility index (Phi) is 4.27. The van der Waals surface area contributed by atoms with Crippen molar-refractivity contribution in [2.45, 2.75) is 73.3 Å². The lowest BCUT2D eigenvalue weighted by atomic mass is 9.69. The summed E-state index contributed by atoms with van der Waals surface area (Å²) in [5, 5.41) is 3.28. The molecule has 1 amide bonds. The highest BCUT2D eigenvalue weighted by molar-refractivity contribution is 5.81. The summed E-state index contributed by atoms with van der Waals surface area (Å²) in [5.41, 5.74) is 0.0101. The van der Waals surface area contributed by atoms with Crippen LogP contribution in [0.5, 0.6) is 0 Å². The van der Waals surface area contributed by atoms with Gasteiger partial charge in [0, 0.05) is 11.5 Å². The molecular formula is C15H29NO. The van der Waals surface area contributed by atoms with Gasteiger partial charge in [-0.05, 0) is 24.2 Å². The minimum atomic E-state index is -0.278. The lowest BCUT2D eigenvalue weighted by molar-refractivity contribution is -0.130. The van der Waals surface area contributed by atoms with Crippen LogP contribution < -0.4 is 5.32 Å². The van der Waals surface area contributed by atoms with Crippen molar-refractivity contribution in [2.75, 3.05) is 0 Å². The molecule has 0 aliphatic heterocycles. The summed E-state index contributed by atoms with van der Waals surface area (Å²) in [4.78, 5) is 12.1. The van der Waals surface area contributed by atoms with Gasteiger partial charge in [0.25, 0.3) is 0 Å². The third-order valence-electron chi connectivity index (χ3n) is 3.88. The molecule has 1 aliphatic carbocycles. The molecule has 100 valence electrons. The largest absolute Gasteiger partial charge is 0.353 e. The number of carbonyl (C=O) groups excluding carboxylic acids is 1. The van der Waals surface area contributed by atoms with Gasteiger partial charge in [0.05, 0.1) is 0 Å². The van der Waals surface area contributed by atoms with E-state index >= 15 is 0 Å². The Morgan fingerprint density at radius 1 is 1.00 bits per heavy atom. The van der Waals surface area contributed by atoms with Crippen LogP contribution in [0.4, 0.5) is 0 Å². The molecule has 1 rings (SSSR count). The van der Waals surface area contributed by atoms with E-state index in [4.69, 9.17) is 0 Å². The Morgan fingerprint density at radius 2 is 1.53 bits per heavy atom. The lowest BCUT2D eigenvalue weighted by Crippen LogP contribution is -2.49. The van der Waals surface area contributed by atoms with Crippen molar-refractivity contribution in [2.24, 2.45) is 16.7 Å². The number of hydrogen-bond acceptors (Lipinski definition) is 1. The topological polar surface area (TPSA) is 29.1 Å². The molecule has 0 heterocycles. The van der Waals surface area contributed by atoms with Crippen LogP contribution in [0.15, 0.2) is 0 Å². The quantitative estimate of drug-likeness (QED) is 0.742. The maximum atomic E-state index is 12.1. The Morgan fingerprint density at radius 3 is 2.00 bits per heavy atom. The van der Waals surface area contributed by atoms with Crippen LogP contribution in [0.1, 0.15) is 67.2 Å². The fourth-order valence-corrected chi connectivity index (χ4v) is 2.73. The molecular weight excluding hydrogens is 210 g/mol. The number of carbonyl (C=O) groups is 1. The van der Waals surface area contributed by atoms with Crippen molar-refractivity contribution < 1.29 is 4.79 Å². The molecule has 0 spiro atoms. The van der Waals surface area contributed by atoms with Crippen molar-refractivity contribution in [3.63, 3.8) is 0 Å². The Hall–Kier alpha value is -0.530. The molecule has 2 heteroatoms. The third-order valence-corrected chi connectivity index (χ3v) is 3.88. The van der Waals surface area contributed by atoms with Crippen molar-refractivity contribution in [3.05, 3.63) is 0 Å². The first-order valence-electron chi connectivity index (χ1n) is 6.93. The Labute approximate surface area is 107 Å². The second-order valence-corrected chi connectivity index (χ2v) is 7.59. The minimum absolute atomic E-state index is 0.193. The first kappa shape index (κ1) is 14.5. The van der Waals surface area contributed by atoms with Crippen LogP contribution in [-0.2, 0) is 4.79 Å². The van der Waals surface area contributed by atoms with Gasteiger partial charge in [0.1, 0.15) is 0 Å². The summed E-state index contributed by atoms with van der Waals surface area (Å²) >= 11 is 0. The predicted octanol–water partition coefficient (Wildman–Crippen LogP) is 3.75. The zero-order chi connectivity index (χ0) is 13.3. The molecule has 1 fully saturated rings. The first-order chi connectivity index (χ1) is 7.62. The molecule has 0 aromatic heterocycles. The van der Waals surface area contributed by atoms with Crippen LogP contribution in [0.25, 0.3) is 0 Å². The monoisotopic (exact) mass is 239 g/mol.